The molecule has 5 nitrogen and oxygen atoms in total. The van der Waals surface area contributed by atoms with Gasteiger partial charge in [-0.15, -0.1) is 0 Å². The second kappa shape index (κ2) is 5.86. The maximum absolute atomic E-state index is 11.6. The first kappa shape index (κ1) is 12.9. The number of benzene rings is 1. The first-order chi connectivity index (χ1) is 9.15. The van der Waals surface area contributed by atoms with Gasteiger partial charge in [-0.3, -0.25) is 0 Å². The Labute approximate surface area is 111 Å². The van der Waals surface area contributed by atoms with Gasteiger partial charge in [-0.1, -0.05) is 17.7 Å². The molecule has 2 aromatic rings. The van der Waals surface area contributed by atoms with Gasteiger partial charge in [0, 0.05) is 5.69 Å². The van der Waals surface area contributed by atoms with Gasteiger partial charge in [-0.05, 0) is 37.6 Å². The molecule has 0 saturated carbocycles. The van der Waals surface area contributed by atoms with Crippen LogP contribution in [-0.2, 0) is 0 Å². The molecule has 0 aliphatic heterocycles. The van der Waals surface area contributed by atoms with Gasteiger partial charge in [-0.2, -0.15) is 5.10 Å². The molecule has 98 valence electrons. The molecular weight excluding hydrogens is 242 g/mol. The van der Waals surface area contributed by atoms with Gasteiger partial charge in [0.1, 0.15) is 5.76 Å². The molecule has 0 atom stereocenters. The Morgan fingerprint density at radius 3 is 2.84 bits per heavy atom. The van der Waals surface area contributed by atoms with Crippen LogP contribution in [0, 0.1) is 13.8 Å². The SMILES string of the molecule is Cc1ccc(NC(=O)N/N=C/c2ccco2)c(C)c1. The number of anilines is 1. The minimum absolute atomic E-state index is 0.394. The lowest BCUT2D eigenvalue weighted by molar-refractivity contribution is 0.252. The highest BCUT2D eigenvalue weighted by atomic mass is 16.3. The van der Waals surface area contributed by atoms with Crippen molar-refractivity contribution < 1.29 is 9.21 Å². The van der Waals surface area contributed by atoms with Gasteiger partial charge in [0.15, 0.2) is 0 Å². The fourth-order valence-electron chi connectivity index (χ4n) is 1.62. The predicted octanol–water partition coefficient (Wildman–Crippen LogP) is 3.05. The van der Waals surface area contributed by atoms with Crippen LogP contribution in [0.3, 0.4) is 0 Å². The summed E-state index contributed by atoms with van der Waals surface area (Å²) in [6.45, 7) is 3.94. The van der Waals surface area contributed by atoms with Crippen LogP contribution in [0.15, 0.2) is 46.1 Å². The van der Waals surface area contributed by atoms with E-state index in [1.54, 1.807) is 12.1 Å². The van der Waals surface area contributed by atoms with E-state index in [2.05, 4.69) is 15.8 Å². The highest BCUT2D eigenvalue weighted by molar-refractivity contribution is 5.90. The third kappa shape index (κ3) is 3.70. The van der Waals surface area contributed by atoms with E-state index in [1.165, 1.54) is 12.5 Å². The number of hydrogen-bond acceptors (Lipinski definition) is 3. The summed E-state index contributed by atoms with van der Waals surface area (Å²) in [5.41, 5.74) is 5.29. The number of carbonyl (C=O) groups excluding carboxylic acids is 1. The number of urea groups is 1. The Morgan fingerprint density at radius 2 is 2.16 bits per heavy atom. The molecule has 2 N–H and O–H groups in total. The smallest absolute Gasteiger partial charge is 0.339 e. The maximum Gasteiger partial charge on any atom is 0.339 e. The fourth-order valence-corrected chi connectivity index (χ4v) is 1.62. The third-order valence-corrected chi connectivity index (χ3v) is 2.53. The van der Waals surface area contributed by atoms with E-state index in [-0.39, 0.29) is 0 Å². The van der Waals surface area contributed by atoms with Crippen molar-refractivity contribution in [3.05, 3.63) is 53.5 Å². The standard InChI is InChI=1S/C14H15N3O2/c1-10-5-6-13(11(2)8-10)16-14(18)17-15-9-12-4-3-7-19-12/h3-9H,1-2H3,(H2,16,17,18)/b15-9+. The van der Waals surface area contributed by atoms with E-state index in [9.17, 15) is 4.79 Å². The molecule has 19 heavy (non-hydrogen) atoms. The largest absolute Gasteiger partial charge is 0.463 e. The molecule has 0 aliphatic carbocycles. The van der Waals surface area contributed by atoms with E-state index in [0.29, 0.717) is 5.76 Å². The highest BCUT2D eigenvalue weighted by Crippen LogP contribution is 2.15. The number of furan rings is 1. The fraction of sp³-hybridized carbons (Fsp3) is 0.143. The molecule has 1 aromatic heterocycles. The van der Waals surface area contributed by atoms with Crippen molar-refractivity contribution >= 4 is 17.9 Å². The second-order valence-electron chi connectivity index (χ2n) is 4.16. The summed E-state index contributed by atoms with van der Waals surface area (Å²) in [6, 6.07) is 8.90. The first-order valence-corrected chi connectivity index (χ1v) is 5.86. The number of hydrogen-bond donors (Lipinski definition) is 2. The number of carbonyl (C=O) groups is 1. The molecule has 0 fully saturated rings. The van der Waals surface area contributed by atoms with E-state index in [4.69, 9.17) is 4.42 Å². The van der Waals surface area contributed by atoms with Crippen molar-refractivity contribution in [2.75, 3.05) is 5.32 Å². The molecule has 0 spiro atoms. The van der Waals surface area contributed by atoms with E-state index >= 15 is 0 Å². The molecule has 2 amide bonds. The summed E-state index contributed by atoms with van der Waals surface area (Å²) in [7, 11) is 0. The normalized spacial score (nSPS) is 10.6. The van der Waals surface area contributed by atoms with Gasteiger partial charge in [0.25, 0.3) is 0 Å². The summed E-state index contributed by atoms with van der Waals surface area (Å²) in [6.07, 6.45) is 2.97. The summed E-state index contributed by atoms with van der Waals surface area (Å²) < 4.78 is 5.04. The third-order valence-electron chi connectivity index (χ3n) is 2.53. The van der Waals surface area contributed by atoms with Gasteiger partial charge >= 0.3 is 6.03 Å². The van der Waals surface area contributed by atoms with Crippen LogP contribution in [0.2, 0.25) is 0 Å². The maximum atomic E-state index is 11.6. The highest BCUT2D eigenvalue weighted by Gasteiger charge is 2.03. The molecule has 0 saturated heterocycles. The number of nitrogens with one attached hydrogen (secondary N) is 2. The number of aryl methyl sites for hydroxylation is 2. The second-order valence-corrected chi connectivity index (χ2v) is 4.16. The number of amides is 2. The summed E-state index contributed by atoms with van der Waals surface area (Å²) >= 11 is 0. The van der Waals surface area contributed by atoms with Crippen LogP contribution < -0.4 is 10.7 Å². The predicted molar refractivity (Wildman–Crippen MR) is 74.4 cm³/mol. The lowest BCUT2D eigenvalue weighted by Gasteiger charge is -2.08. The van der Waals surface area contributed by atoms with E-state index in [1.807, 2.05) is 32.0 Å². The van der Waals surface area contributed by atoms with Crippen LogP contribution in [0.25, 0.3) is 0 Å². The summed E-state index contributed by atoms with van der Waals surface area (Å²) in [5, 5.41) is 6.50. The van der Waals surface area contributed by atoms with Crippen LogP contribution in [0.5, 0.6) is 0 Å². The van der Waals surface area contributed by atoms with Crippen LogP contribution in [0.1, 0.15) is 16.9 Å². The minimum Gasteiger partial charge on any atom is -0.463 e. The van der Waals surface area contributed by atoms with Gasteiger partial charge in [0.05, 0.1) is 12.5 Å². The lowest BCUT2D eigenvalue weighted by atomic mass is 10.1. The quantitative estimate of drug-likeness (QED) is 0.655. The van der Waals surface area contributed by atoms with Gasteiger partial charge in [0.2, 0.25) is 0 Å². The number of rotatable bonds is 3. The lowest BCUT2D eigenvalue weighted by Crippen LogP contribution is -2.24. The average Bonchev–Trinajstić information content (AvgIpc) is 2.86. The topological polar surface area (TPSA) is 66.6 Å². The van der Waals surface area contributed by atoms with Crippen molar-refractivity contribution in [3.8, 4) is 0 Å². The van der Waals surface area contributed by atoms with Gasteiger partial charge < -0.3 is 9.73 Å². The average molecular weight is 257 g/mol. The molecule has 0 radical (unpaired) electrons. The van der Waals surface area contributed by atoms with Crippen molar-refractivity contribution in [2.24, 2.45) is 5.10 Å². The van der Waals surface area contributed by atoms with Crippen LogP contribution in [0.4, 0.5) is 10.5 Å². The Kier molecular flexibility index (Phi) is 3.97. The summed E-state index contributed by atoms with van der Waals surface area (Å²) in [4.78, 5) is 11.6. The molecule has 0 unspecified atom stereocenters. The molecule has 0 bridgehead atoms. The van der Waals surface area contributed by atoms with E-state index in [0.717, 1.165) is 16.8 Å². The zero-order chi connectivity index (χ0) is 13.7. The van der Waals surface area contributed by atoms with Crippen molar-refractivity contribution in [1.29, 1.82) is 0 Å². The zero-order valence-corrected chi connectivity index (χ0v) is 10.8. The van der Waals surface area contributed by atoms with E-state index < -0.39 is 6.03 Å². The number of nitrogens with zero attached hydrogens (tertiary/aromatic N) is 1. The monoisotopic (exact) mass is 257 g/mol. The van der Waals surface area contributed by atoms with Crippen LogP contribution in [-0.4, -0.2) is 12.2 Å². The Balaban J connectivity index is 1.91. The molecular formula is C14H15N3O2. The molecule has 0 aliphatic rings. The Bertz CT molecular complexity index is 589. The minimum atomic E-state index is -0.394. The molecule has 1 aromatic carbocycles. The van der Waals surface area contributed by atoms with Crippen molar-refractivity contribution in [3.63, 3.8) is 0 Å². The summed E-state index contributed by atoms with van der Waals surface area (Å²) in [5.74, 6) is 0.576. The molecule has 1 heterocycles. The van der Waals surface area contributed by atoms with Crippen molar-refractivity contribution in [1.82, 2.24) is 5.43 Å². The first-order valence-electron chi connectivity index (χ1n) is 5.86. The van der Waals surface area contributed by atoms with Gasteiger partial charge in [-0.25, -0.2) is 10.2 Å². The number of hydrazone groups is 1. The Hall–Kier alpha value is -2.56. The Morgan fingerprint density at radius 1 is 1.32 bits per heavy atom. The molecule has 5 heteroatoms. The zero-order valence-electron chi connectivity index (χ0n) is 10.8. The van der Waals surface area contributed by atoms with Crippen LogP contribution >= 0.6 is 0 Å². The molecule has 2 rings (SSSR count). The van der Waals surface area contributed by atoms with Crippen molar-refractivity contribution in [2.45, 2.75) is 13.8 Å².